The summed E-state index contributed by atoms with van der Waals surface area (Å²) in [5.41, 5.74) is 4.32. The van der Waals surface area contributed by atoms with Crippen molar-refractivity contribution in [2.75, 3.05) is 13.2 Å². The Labute approximate surface area is 280 Å². The number of carboxylic acid groups (broad SMARTS) is 2. The highest BCUT2D eigenvalue weighted by atomic mass is 16.5. The molecule has 0 heterocycles. The van der Waals surface area contributed by atoms with E-state index >= 15 is 0 Å². The lowest BCUT2D eigenvalue weighted by Gasteiger charge is -2.24. The van der Waals surface area contributed by atoms with E-state index in [1.54, 1.807) is 0 Å². The molecule has 258 valence electrons. The smallest absolute Gasteiger partial charge is 0.407 e. The van der Waals surface area contributed by atoms with E-state index in [-0.39, 0.29) is 24.7 Å². The fourth-order valence-corrected chi connectivity index (χ4v) is 5.36. The standard InChI is InChI=1S/C34H36N4O11/c1-18(33(46)47)35-30(43)26(14-19-10-12-20(40)13-11-19)36-32(45)28(16-39)37-31(44)27(15-29(41)42)38-34(48)49-17-25-23-8-4-2-6-21(23)22-7-3-5-9-24(22)25/h2-13,18,25-28,39-40H,14-17H2,1H3,(H,35,43)(H,36,45)(H,37,44)(H,38,48)(H,41,42)(H,46,47)/t18-,26-,27-,28-/m0/s1. The number of alkyl carbamates (subject to hydrolysis) is 1. The zero-order valence-corrected chi connectivity index (χ0v) is 26.3. The summed E-state index contributed by atoms with van der Waals surface area (Å²) in [7, 11) is 0. The van der Waals surface area contributed by atoms with Gasteiger partial charge in [-0.15, -0.1) is 0 Å². The third kappa shape index (κ3) is 9.32. The Hall–Kier alpha value is -5.96. The largest absolute Gasteiger partial charge is 0.508 e. The van der Waals surface area contributed by atoms with Crippen LogP contribution in [0.5, 0.6) is 5.75 Å². The number of carbonyl (C=O) groups excluding carboxylic acids is 4. The maximum absolute atomic E-state index is 13.2. The molecule has 1 aliphatic carbocycles. The molecule has 15 nitrogen and oxygen atoms in total. The summed E-state index contributed by atoms with van der Waals surface area (Å²) in [6, 6.07) is 14.7. The van der Waals surface area contributed by atoms with Gasteiger partial charge in [-0.25, -0.2) is 4.79 Å². The maximum Gasteiger partial charge on any atom is 0.407 e. The lowest BCUT2D eigenvalue weighted by molar-refractivity contribution is -0.141. The number of carboxylic acids is 2. The molecule has 15 heteroatoms. The summed E-state index contributed by atoms with van der Waals surface area (Å²) in [5, 5.41) is 47.1. The number of ether oxygens (including phenoxy) is 1. The van der Waals surface area contributed by atoms with Gasteiger partial charge in [0.1, 0.15) is 36.5 Å². The van der Waals surface area contributed by atoms with Gasteiger partial charge < -0.3 is 46.4 Å². The van der Waals surface area contributed by atoms with Crippen LogP contribution < -0.4 is 21.3 Å². The Balaban J connectivity index is 1.41. The molecule has 4 amide bonds. The highest BCUT2D eigenvalue weighted by Crippen LogP contribution is 2.44. The van der Waals surface area contributed by atoms with Gasteiger partial charge in [0.15, 0.2) is 0 Å². The number of aromatic hydroxyl groups is 1. The molecule has 4 atom stereocenters. The number of carbonyl (C=O) groups is 6. The molecule has 0 aliphatic heterocycles. The molecule has 3 aromatic rings. The predicted octanol–water partition coefficient (Wildman–Crippen LogP) is 0.868. The van der Waals surface area contributed by atoms with Crippen LogP contribution in [0, 0.1) is 0 Å². The van der Waals surface area contributed by atoms with Crippen LogP contribution in [0.25, 0.3) is 11.1 Å². The Bertz CT molecular complexity index is 1670. The van der Waals surface area contributed by atoms with Crippen molar-refractivity contribution in [1.82, 2.24) is 21.3 Å². The van der Waals surface area contributed by atoms with Crippen LogP contribution in [-0.2, 0) is 35.1 Å². The molecule has 0 fully saturated rings. The first kappa shape index (κ1) is 35.9. The first-order valence-electron chi connectivity index (χ1n) is 15.2. The molecule has 0 aromatic heterocycles. The van der Waals surface area contributed by atoms with E-state index in [4.69, 9.17) is 4.74 Å². The number of phenols is 1. The van der Waals surface area contributed by atoms with Gasteiger partial charge in [0.2, 0.25) is 17.7 Å². The number of aliphatic hydroxyl groups is 1. The minimum atomic E-state index is -1.72. The molecule has 0 saturated carbocycles. The summed E-state index contributed by atoms with van der Waals surface area (Å²) in [6.45, 7) is 0.109. The number of hydrogen-bond acceptors (Lipinski definition) is 9. The van der Waals surface area contributed by atoms with Crippen LogP contribution in [-0.4, -0.2) is 93.6 Å². The third-order valence-corrected chi connectivity index (χ3v) is 7.88. The Morgan fingerprint density at radius 2 is 1.24 bits per heavy atom. The molecule has 0 saturated heterocycles. The van der Waals surface area contributed by atoms with Gasteiger partial charge in [-0.2, -0.15) is 0 Å². The van der Waals surface area contributed by atoms with E-state index in [1.807, 2.05) is 48.5 Å². The fourth-order valence-electron chi connectivity index (χ4n) is 5.36. The Morgan fingerprint density at radius 3 is 1.80 bits per heavy atom. The van der Waals surface area contributed by atoms with Crippen molar-refractivity contribution in [1.29, 1.82) is 0 Å². The van der Waals surface area contributed by atoms with Crippen LogP contribution >= 0.6 is 0 Å². The number of fused-ring (bicyclic) bond motifs is 3. The van der Waals surface area contributed by atoms with Crippen molar-refractivity contribution >= 4 is 35.8 Å². The van der Waals surface area contributed by atoms with E-state index in [9.17, 15) is 49.2 Å². The Morgan fingerprint density at radius 1 is 0.714 bits per heavy atom. The van der Waals surface area contributed by atoms with Crippen LogP contribution in [0.1, 0.15) is 36.0 Å². The molecule has 8 N–H and O–H groups in total. The molecule has 0 spiro atoms. The quantitative estimate of drug-likeness (QED) is 0.112. The predicted molar refractivity (Wildman–Crippen MR) is 172 cm³/mol. The van der Waals surface area contributed by atoms with Crippen LogP contribution in [0.4, 0.5) is 4.79 Å². The van der Waals surface area contributed by atoms with Crippen molar-refractivity contribution in [3.63, 3.8) is 0 Å². The molecule has 3 aromatic carbocycles. The summed E-state index contributed by atoms with van der Waals surface area (Å²) >= 11 is 0. The summed E-state index contributed by atoms with van der Waals surface area (Å²) in [4.78, 5) is 74.9. The molecule has 49 heavy (non-hydrogen) atoms. The average Bonchev–Trinajstić information content (AvgIpc) is 3.39. The normalized spacial score (nSPS) is 14.2. The van der Waals surface area contributed by atoms with E-state index in [0.29, 0.717) is 5.56 Å². The first-order chi connectivity index (χ1) is 23.4. The molecule has 0 bridgehead atoms. The summed E-state index contributed by atoms with van der Waals surface area (Å²) in [6.07, 6.45) is -2.15. The molecule has 4 rings (SSSR count). The van der Waals surface area contributed by atoms with Gasteiger partial charge in [-0.05, 0) is 46.9 Å². The zero-order valence-electron chi connectivity index (χ0n) is 26.3. The second-order valence-electron chi connectivity index (χ2n) is 11.4. The fraction of sp³-hybridized carbons (Fsp3) is 0.294. The van der Waals surface area contributed by atoms with Gasteiger partial charge in [0.25, 0.3) is 0 Å². The van der Waals surface area contributed by atoms with Gasteiger partial charge in [0.05, 0.1) is 13.0 Å². The highest BCUT2D eigenvalue weighted by Gasteiger charge is 2.33. The van der Waals surface area contributed by atoms with Crippen LogP contribution in [0.2, 0.25) is 0 Å². The number of nitrogens with one attached hydrogen (secondary N) is 4. The van der Waals surface area contributed by atoms with Crippen molar-refractivity contribution in [2.45, 2.75) is 49.9 Å². The van der Waals surface area contributed by atoms with E-state index in [2.05, 4.69) is 21.3 Å². The highest BCUT2D eigenvalue weighted by molar-refractivity contribution is 5.95. The molecule has 1 aliphatic rings. The second kappa shape index (κ2) is 16.2. The van der Waals surface area contributed by atoms with Crippen molar-refractivity contribution in [3.8, 4) is 16.9 Å². The molecular formula is C34H36N4O11. The van der Waals surface area contributed by atoms with Crippen molar-refractivity contribution in [2.24, 2.45) is 0 Å². The molecular weight excluding hydrogens is 640 g/mol. The number of rotatable bonds is 15. The summed E-state index contributed by atoms with van der Waals surface area (Å²) in [5.74, 6) is -6.24. The molecule has 0 unspecified atom stereocenters. The van der Waals surface area contributed by atoms with Gasteiger partial charge in [0, 0.05) is 12.3 Å². The number of aliphatic carboxylic acids is 2. The van der Waals surface area contributed by atoms with Gasteiger partial charge in [-0.3, -0.25) is 24.0 Å². The average molecular weight is 677 g/mol. The minimum absolute atomic E-state index is 0.0565. The maximum atomic E-state index is 13.2. The number of benzene rings is 3. The van der Waals surface area contributed by atoms with Crippen molar-refractivity contribution in [3.05, 3.63) is 89.5 Å². The molecule has 0 radical (unpaired) electrons. The van der Waals surface area contributed by atoms with Gasteiger partial charge in [-0.1, -0.05) is 60.7 Å². The van der Waals surface area contributed by atoms with Gasteiger partial charge >= 0.3 is 18.0 Å². The second-order valence-corrected chi connectivity index (χ2v) is 11.4. The number of aliphatic hydroxyl groups excluding tert-OH is 1. The number of hydrogen-bond donors (Lipinski definition) is 8. The van der Waals surface area contributed by atoms with E-state index in [0.717, 1.165) is 22.3 Å². The third-order valence-electron chi connectivity index (χ3n) is 7.88. The van der Waals surface area contributed by atoms with Crippen LogP contribution in [0.15, 0.2) is 72.8 Å². The number of phenolic OH excluding ortho intramolecular Hbond substituents is 1. The SMILES string of the molecule is C[C@H](NC(=O)[C@H](Cc1ccc(O)cc1)NC(=O)[C@H](CO)NC(=O)[C@H](CC(=O)O)NC(=O)OCC1c2ccccc2-c2ccccc21)C(=O)O. The van der Waals surface area contributed by atoms with E-state index < -0.39 is 72.9 Å². The Kier molecular flexibility index (Phi) is 11.9. The van der Waals surface area contributed by atoms with Crippen LogP contribution in [0.3, 0.4) is 0 Å². The monoisotopic (exact) mass is 676 g/mol. The zero-order chi connectivity index (χ0) is 35.7. The minimum Gasteiger partial charge on any atom is -0.508 e. The first-order valence-corrected chi connectivity index (χ1v) is 15.2. The lowest BCUT2D eigenvalue weighted by Crippen LogP contribution is -2.59. The number of amides is 4. The van der Waals surface area contributed by atoms with Crippen molar-refractivity contribution < 1.29 is 53.9 Å². The summed E-state index contributed by atoms with van der Waals surface area (Å²) < 4.78 is 5.42. The topological polar surface area (TPSA) is 241 Å². The lowest BCUT2D eigenvalue weighted by atomic mass is 9.98. The van der Waals surface area contributed by atoms with E-state index in [1.165, 1.54) is 31.2 Å².